The number of carbonyl (C=O) groups is 3. The van der Waals surface area contributed by atoms with E-state index in [1.807, 2.05) is 0 Å². The Morgan fingerprint density at radius 3 is 1.28 bits per heavy atom. The van der Waals surface area contributed by atoms with Crippen LogP contribution in [-0.4, -0.2) is 33.2 Å². The molecule has 0 amide bonds. The van der Waals surface area contributed by atoms with Gasteiger partial charge in [-0.05, 0) is 19.3 Å². The molecule has 0 radical (unpaired) electrons. The zero-order valence-corrected chi connectivity index (χ0v) is 10.9. The Labute approximate surface area is 106 Å². The summed E-state index contributed by atoms with van der Waals surface area (Å²) in [6.07, 6.45) is -0.575. The average Bonchev–Trinajstić information content (AvgIpc) is 2.28. The number of aliphatic carboxylic acids is 3. The topological polar surface area (TPSA) is 112 Å². The highest BCUT2D eigenvalue weighted by atomic mass is 16.4. The summed E-state index contributed by atoms with van der Waals surface area (Å²) >= 11 is 0. The fourth-order valence-electron chi connectivity index (χ4n) is 2.76. The number of carboxylic acid groups (broad SMARTS) is 3. The Bertz CT molecular complexity index is 344. The first-order valence-electron chi connectivity index (χ1n) is 5.92. The molecule has 0 rings (SSSR count). The Kier molecular flexibility index (Phi) is 5.32. The lowest BCUT2D eigenvalue weighted by atomic mass is 9.57. The first-order chi connectivity index (χ1) is 8.24. The van der Waals surface area contributed by atoms with Crippen molar-refractivity contribution in [2.75, 3.05) is 0 Å². The summed E-state index contributed by atoms with van der Waals surface area (Å²) in [5, 5.41) is 27.7. The van der Waals surface area contributed by atoms with Gasteiger partial charge in [-0.3, -0.25) is 14.4 Å². The Balaban J connectivity index is 6.01. The molecular formula is C12H20O6. The van der Waals surface area contributed by atoms with E-state index < -0.39 is 35.2 Å². The predicted molar refractivity (Wildman–Crippen MR) is 63.3 cm³/mol. The molecule has 0 saturated heterocycles. The maximum Gasteiger partial charge on any atom is 0.311 e. The molecule has 3 N–H and O–H groups in total. The lowest BCUT2D eigenvalue weighted by Gasteiger charge is -2.43. The molecule has 0 aromatic heterocycles. The molecule has 0 aliphatic carbocycles. The molecular weight excluding hydrogens is 240 g/mol. The smallest absolute Gasteiger partial charge is 0.311 e. The third kappa shape index (κ3) is 2.32. The number of rotatable bonds is 8. The van der Waals surface area contributed by atoms with Gasteiger partial charge in [-0.2, -0.15) is 0 Å². The van der Waals surface area contributed by atoms with E-state index in [2.05, 4.69) is 0 Å². The van der Waals surface area contributed by atoms with Gasteiger partial charge in [0.05, 0.1) is 17.3 Å². The molecule has 0 aromatic carbocycles. The van der Waals surface area contributed by atoms with Crippen LogP contribution in [0.5, 0.6) is 0 Å². The second-order valence-electron chi connectivity index (χ2n) is 4.41. The molecule has 1 unspecified atom stereocenters. The predicted octanol–water partition coefficient (Wildman–Crippen LogP) is 1.83. The van der Waals surface area contributed by atoms with Gasteiger partial charge in [0.1, 0.15) is 0 Å². The van der Waals surface area contributed by atoms with Crippen LogP contribution in [0.2, 0.25) is 0 Å². The minimum Gasteiger partial charge on any atom is -0.481 e. The van der Waals surface area contributed by atoms with Gasteiger partial charge in [0, 0.05) is 0 Å². The van der Waals surface area contributed by atoms with E-state index in [9.17, 15) is 24.6 Å². The molecule has 6 nitrogen and oxygen atoms in total. The summed E-state index contributed by atoms with van der Waals surface area (Å²) < 4.78 is 0. The molecule has 1 atom stereocenters. The van der Waals surface area contributed by atoms with E-state index in [1.54, 1.807) is 13.8 Å². The van der Waals surface area contributed by atoms with Gasteiger partial charge in [-0.1, -0.05) is 20.8 Å². The highest BCUT2D eigenvalue weighted by Crippen LogP contribution is 2.50. The van der Waals surface area contributed by atoms with Crippen LogP contribution in [0.25, 0.3) is 0 Å². The highest BCUT2D eigenvalue weighted by Gasteiger charge is 2.59. The quantitative estimate of drug-likeness (QED) is 0.613. The van der Waals surface area contributed by atoms with Crippen LogP contribution in [-0.2, 0) is 14.4 Å². The highest BCUT2D eigenvalue weighted by molar-refractivity contribution is 5.89. The Hall–Kier alpha value is -1.59. The molecule has 0 aliphatic rings. The summed E-state index contributed by atoms with van der Waals surface area (Å²) in [7, 11) is 0. The molecule has 0 heterocycles. The first-order valence-corrected chi connectivity index (χ1v) is 5.92. The van der Waals surface area contributed by atoms with Crippen LogP contribution in [0.1, 0.15) is 46.5 Å². The van der Waals surface area contributed by atoms with E-state index in [4.69, 9.17) is 5.11 Å². The molecule has 0 saturated carbocycles. The van der Waals surface area contributed by atoms with Crippen molar-refractivity contribution in [1.29, 1.82) is 0 Å². The maximum atomic E-state index is 11.5. The lowest BCUT2D eigenvalue weighted by molar-refractivity contribution is -0.180. The van der Waals surface area contributed by atoms with E-state index in [0.717, 1.165) is 0 Å². The number of hydrogen-bond donors (Lipinski definition) is 3. The fourth-order valence-corrected chi connectivity index (χ4v) is 2.76. The van der Waals surface area contributed by atoms with E-state index in [-0.39, 0.29) is 19.3 Å². The van der Waals surface area contributed by atoms with Gasteiger partial charge in [0.25, 0.3) is 0 Å². The van der Waals surface area contributed by atoms with Crippen LogP contribution < -0.4 is 0 Å². The second kappa shape index (κ2) is 5.84. The summed E-state index contributed by atoms with van der Waals surface area (Å²) in [5.74, 6) is -3.91. The molecule has 104 valence electrons. The van der Waals surface area contributed by atoms with E-state index in [1.165, 1.54) is 6.92 Å². The molecule has 0 aliphatic heterocycles. The molecule has 6 heteroatoms. The largest absolute Gasteiger partial charge is 0.481 e. The van der Waals surface area contributed by atoms with Crippen molar-refractivity contribution in [1.82, 2.24) is 0 Å². The van der Waals surface area contributed by atoms with Crippen molar-refractivity contribution < 1.29 is 29.7 Å². The van der Waals surface area contributed by atoms with Gasteiger partial charge in [0.2, 0.25) is 0 Å². The Morgan fingerprint density at radius 1 is 0.778 bits per heavy atom. The van der Waals surface area contributed by atoms with Crippen LogP contribution in [0, 0.1) is 10.8 Å². The van der Waals surface area contributed by atoms with Crippen molar-refractivity contribution in [2.24, 2.45) is 10.8 Å². The van der Waals surface area contributed by atoms with Crippen molar-refractivity contribution in [3.05, 3.63) is 0 Å². The van der Waals surface area contributed by atoms with Crippen molar-refractivity contribution in [3.8, 4) is 0 Å². The second-order valence-corrected chi connectivity index (χ2v) is 4.41. The standard InChI is InChI=1S/C12H20O6/c1-4-11(5-2,9(15)16)12(6-3,10(17)18)7-8(13)14/h4-7H2,1-3H3,(H,13,14)(H,15,16)(H,17,18). The van der Waals surface area contributed by atoms with Crippen molar-refractivity contribution >= 4 is 17.9 Å². The summed E-state index contributed by atoms with van der Waals surface area (Å²) in [6, 6.07) is 0. The SMILES string of the molecule is CCC(CC)(C(=O)O)C(CC)(CC(=O)O)C(=O)O. The van der Waals surface area contributed by atoms with Crippen LogP contribution in [0.3, 0.4) is 0 Å². The van der Waals surface area contributed by atoms with Crippen molar-refractivity contribution in [2.45, 2.75) is 46.5 Å². The van der Waals surface area contributed by atoms with Crippen molar-refractivity contribution in [3.63, 3.8) is 0 Å². The molecule has 0 fully saturated rings. The number of carboxylic acids is 3. The van der Waals surface area contributed by atoms with Crippen LogP contribution >= 0.6 is 0 Å². The van der Waals surface area contributed by atoms with Gasteiger partial charge >= 0.3 is 17.9 Å². The van der Waals surface area contributed by atoms with E-state index >= 15 is 0 Å². The minimum absolute atomic E-state index is 0.0391. The third-order valence-electron chi connectivity index (χ3n) is 4.00. The summed E-state index contributed by atoms with van der Waals surface area (Å²) in [6.45, 7) is 4.67. The number of hydrogen-bond acceptors (Lipinski definition) is 3. The first kappa shape index (κ1) is 16.4. The molecule has 18 heavy (non-hydrogen) atoms. The van der Waals surface area contributed by atoms with E-state index in [0.29, 0.717) is 0 Å². The maximum absolute atomic E-state index is 11.5. The van der Waals surface area contributed by atoms with Gasteiger partial charge in [-0.25, -0.2) is 0 Å². The normalized spacial score (nSPS) is 14.8. The lowest BCUT2D eigenvalue weighted by Crippen LogP contribution is -2.53. The monoisotopic (exact) mass is 260 g/mol. The van der Waals surface area contributed by atoms with Crippen LogP contribution in [0.4, 0.5) is 0 Å². The molecule has 0 spiro atoms. The summed E-state index contributed by atoms with van der Waals surface area (Å²) in [5.41, 5.74) is -3.35. The van der Waals surface area contributed by atoms with Gasteiger partial charge < -0.3 is 15.3 Å². The zero-order valence-electron chi connectivity index (χ0n) is 10.9. The van der Waals surface area contributed by atoms with Gasteiger partial charge in [-0.15, -0.1) is 0 Å². The Morgan fingerprint density at radius 2 is 1.11 bits per heavy atom. The third-order valence-corrected chi connectivity index (χ3v) is 4.00. The molecule has 0 aromatic rings. The van der Waals surface area contributed by atoms with Crippen LogP contribution in [0.15, 0.2) is 0 Å². The fraction of sp³-hybridized carbons (Fsp3) is 0.750. The molecule has 0 bridgehead atoms. The summed E-state index contributed by atoms with van der Waals surface area (Å²) in [4.78, 5) is 34.0. The minimum atomic E-state index is -1.78. The van der Waals surface area contributed by atoms with Gasteiger partial charge in [0.15, 0.2) is 0 Å². The zero-order chi connectivity index (χ0) is 14.6. The average molecular weight is 260 g/mol.